The lowest BCUT2D eigenvalue weighted by molar-refractivity contribution is 0.209. The predicted octanol–water partition coefficient (Wildman–Crippen LogP) is -0.932. The molecule has 1 saturated heterocycles. The number of rotatable bonds is 1. The Balaban J connectivity index is 2.36. The number of amides is 4. The van der Waals surface area contributed by atoms with Crippen LogP contribution < -0.4 is 16.4 Å². The van der Waals surface area contributed by atoms with Crippen LogP contribution in [0.25, 0.3) is 0 Å². The van der Waals surface area contributed by atoms with Crippen molar-refractivity contribution >= 4 is 12.1 Å². The minimum absolute atomic E-state index is 0.00481. The highest BCUT2D eigenvalue weighted by Crippen LogP contribution is 2.08. The fourth-order valence-corrected chi connectivity index (χ4v) is 1.42. The monoisotopic (exact) mass is 186 g/mol. The molecule has 0 bridgehead atoms. The number of nitrogens with two attached hydrogens (primary N) is 1. The molecule has 74 valence electrons. The van der Waals surface area contributed by atoms with Crippen LogP contribution in [0.3, 0.4) is 0 Å². The first-order valence-electron chi connectivity index (χ1n) is 4.16. The molecule has 0 saturated carbocycles. The van der Waals surface area contributed by atoms with Gasteiger partial charge in [-0.05, 0) is 6.42 Å². The second-order valence-corrected chi connectivity index (χ2v) is 3.00. The summed E-state index contributed by atoms with van der Waals surface area (Å²) in [6, 6.07) is -0.660. The summed E-state index contributed by atoms with van der Waals surface area (Å²) < 4.78 is 0. The van der Waals surface area contributed by atoms with Gasteiger partial charge < -0.3 is 21.3 Å². The summed E-state index contributed by atoms with van der Waals surface area (Å²) in [6.45, 7) is 1.19. The maximum atomic E-state index is 11.1. The minimum atomic E-state index is -0.538. The lowest BCUT2D eigenvalue weighted by Gasteiger charge is -2.15. The second-order valence-electron chi connectivity index (χ2n) is 3.00. The van der Waals surface area contributed by atoms with E-state index in [2.05, 4.69) is 10.6 Å². The second kappa shape index (κ2) is 3.97. The Morgan fingerprint density at radius 2 is 2.23 bits per heavy atom. The molecule has 1 aliphatic heterocycles. The molecular formula is C7H14N4O2. The number of primary amides is 1. The van der Waals surface area contributed by atoms with E-state index in [-0.39, 0.29) is 12.1 Å². The average molecular weight is 186 g/mol. The first-order valence-corrected chi connectivity index (χ1v) is 4.16. The van der Waals surface area contributed by atoms with Gasteiger partial charge in [0, 0.05) is 26.2 Å². The quantitative estimate of drug-likeness (QED) is 0.494. The Morgan fingerprint density at radius 3 is 2.77 bits per heavy atom. The van der Waals surface area contributed by atoms with Crippen molar-refractivity contribution in [2.24, 2.45) is 5.73 Å². The van der Waals surface area contributed by atoms with Gasteiger partial charge in [-0.3, -0.25) is 0 Å². The molecule has 0 spiro atoms. The zero-order valence-corrected chi connectivity index (χ0v) is 7.54. The van der Waals surface area contributed by atoms with E-state index in [1.807, 2.05) is 0 Å². The number of nitrogens with one attached hydrogen (secondary N) is 2. The van der Waals surface area contributed by atoms with Gasteiger partial charge in [0.1, 0.15) is 0 Å². The van der Waals surface area contributed by atoms with Crippen LogP contribution in [0, 0.1) is 0 Å². The van der Waals surface area contributed by atoms with E-state index in [1.165, 1.54) is 0 Å². The van der Waals surface area contributed by atoms with Crippen molar-refractivity contribution in [2.45, 2.75) is 12.5 Å². The van der Waals surface area contributed by atoms with E-state index in [0.717, 1.165) is 6.42 Å². The number of nitrogens with zero attached hydrogens (tertiary/aromatic N) is 1. The summed E-state index contributed by atoms with van der Waals surface area (Å²) in [5.74, 6) is 0. The van der Waals surface area contributed by atoms with Crippen molar-refractivity contribution in [2.75, 3.05) is 20.1 Å². The molecule has 1 fully saturated rings. The van der Waals surface area contributed by atoms with Crippen LogP contribution in [0.2, 0.25) is 0 Å². The number of urea groups is 2. The molecule has 1 heterocycles. The normalized spacial score (nSPS) is 21.3. The molecule has 0 radical (unpaired) electrons. The highest BCUT2D eigenvalue weighted by Gasteiger charge is 2.25. The largest absolute Gasteiger partial charge is 0.352 e. The molecule has 0 aromatic rings. The molecule has 1 rings (SSSR count). The van der Waals surface area contributed by atoms with Crippen LogP contribution in [0.4, 0.5) is 9.59 Å². The van der Waals surface area contributed by atoms with E-state index >= 15 is 0 Å². The smallest absolute Gasteiger partial charge is 0.317 e. The van der Waals surface area contributed by atoms with Gasteiger partial charge in [-0.1, -0.05) is 0 Å². The number of likely N-dealkylation sites (tertiary alicyclic amines) is 1. The molecule has 1 aliphatic rings. The molecule has 4 N–H and O–H groups in total. The van der Waals surface area contributed by atoms with Crippen molar-refractivity contribution in [3.8, 4) is 0 Å². The average Bonchev–Trinajstić information content (AvgIpc) is 2.50. The first-order chi connectivity index (χ1) is 6.13. The fraction of sp³-hybridized carbons (Fsp3) is 0.714. The van der Waals surface area contributed by atoms with Gasteiger partial charge in [-0.15, -0.1) is 0 Å². The van der Waals surface area contributed by atoms with Gasteiger partial charge in [-0.25, -0.2) is 9.59 Å². The standard InChI is InChI=1S/C7H14N4O2/c1-9-7(13)11-3-2-5(4-11)10-6(8)12/h5H,2-4H2,1H3,(H,9,13)(H3,8,10,12). The number of hydrogen-bond donors (Lipinski definition) is 3. The molecule has 1 unspecified atom stereocenters. The lowest BCUT2D eigenvalue weighted by atomic mass is 10.3. The van der Waals surface area contributed by atoms with Gasteiger partial charge in [0.2, 0.25) is 0 Å². The maximum Gasteiger partial charge on any atom is 0.317 e. The van der Waals surface area contributed by atoms with E-state index in [4.69, 9.17) is 5.73 Å². The summed E-state index contributed by atoms with van der Waals surface area (Å²) in [5, 5.41) is 5.09. The van der Waals surface area contributed by atoms with Gasteiger partial charge in [-0.2, -0.15) is 0 Å². The molecule has 13 heavy (non-hydrogen) atoms. The van der Waals surface area contributed by atoms with Crippen LogP contribution in [0.15, 0.2) is 0 Å². The van der Waals surface area contributed by atoms with Gasteiger partial charge in [0.05, 0.1) is 0 Å². The summed E-state index contributed by atoms with van der Waals surface area (Å²) in [4.78, 5) is 23.2. The number of carbonyl (C=O) groups is 2. The van der Waals surface area contributed by atoms with Crippen LogP contribution in [0.5, 0.6) is 0 Å². The molecule has 0 aromatic carbocycles. The predicted molar refractivity (Wildman–Crippen MR) is 47.2 cm³/mol. The fourth-order valence-electron chi connectivity index (χ4n) is 1.42. The van der Waals surface area contributed by atoms with Crippen molar-refractivity contribution in [1.29, 1.82) is 0 Å². The van der Waals surface area contributed by atoms with E-state index in [9.17, 15) is 9.59 Å². The van der Waals surface area contributed by atoms with Crippen LogP contribution in [0.1, 0.15) is 6.42 Å². The van der Waals surface area contributed by atoms with E-state index < -0.39 is 6.03 Å². The van der Waals surface area contributed by atoms with Gasteiger partial charge in [0.15, 0.2) is 0 Å². The third-order valence-corrected chi connectivity index (χ3v) is 2.04. The Kier molecular flexibility index (Phi) is 2.94. The first kappa shape index (κ1) is 9.63. The molecule has 6 heteroatoms. The van der Waals surface area contributed by atoms with Gasteiger partial charge in [0.25, 0.3) is 0 Å². The van der Waals surface area contributed by atoms with Gasteiger partial charge >= 0.3 is 12.1 Å². The molecule has 4 amide bonds. The van der Waals surface area contributed by atoms with Crippen LogP contribution in [-0.4, -0.2) is 43.1 Å². The lowest BCUT2D eigenvalue weighted by Crippen LogP contribution is -2.42. The Hall–Kier alpha value is -1.46. The Morgan fingerprint density at radius 1 is 1.54 bits per heavy atom. The molecular weight excluding hydrogens is 172 g/mol. The van der Waals surface area contributed by atoms with Crippen molar-refractivity contribution in [3.63, 3.8) is 0 Å². The SMILES string of the molecule is CNC(=O)N1CCC(NC(N)=O)C1. The molecule has 0 aromatic heterocycles. The molecule has 0 aliphatic carbocycles. The third-order valence-electron chi connectivity index (χ3n) is 2.04. The summed E-state index contributed by atoms with van der Waals surface area (Å²) >= 11 is 0. The Labute approximate surface area is 76.4 Å². The molecule has 6 nitrogen and oxygen atoms in total. The minimum Gasteiger partial charge on any atom is -0.352 e. The van der Waals surface area contributed by atoms with Crippen LogP contribution in [-0.2, 0) is 0 Å². The Bertz CT molecular complexity index is 219. The summed E-state index contributed by atoms with van der Waals surface area (Å²) in [5.41, 5.74) is 4.96. The highest BCUT2D eigenvalue weighted by molar-refractivity contribution is 5.75. The summed E-state index contributed by atoms with van der Waals surface area (Å²) in [7, 11) is 1.58. The number of carbonyl (C=O) groups excluding carboxylic acids is 2. The zero-order valence-electron chi connectivity index (χ0n) is 7.54. The topological polar surface area (TPSA) is 87.5 Å². The zero-order chi connectivity index (χ0) is 9.84. The maximum absolute atomic E-state index is 11.1. The van der Waals surface area contributed by atoms with Crippen molar-refractivity contribution < 1.29 is 9.59 Å². The van der Waals surface area contributed by atoms with E-state index in [0.29, 0.717) is 13.1 Å². The van der Waals surface area contributed by atoms with Crippen LogP contribution >= 0.6 is 0 Å². The van der Waals surface area contributed by atoms with Crippen molar-refractivity contribution in [1.82, 2.24) is 15.5 Å². The highest BCUT2D eigenvalue weighted by atomic mass is 16.2. The summed E-state index contributed by atoms with van der Waals surface area (Å²) in [6.07, 6.45) is 0.760. The molecule has 1 atom stereocenters. The van der Waals surface area contributed by atoms with Crippen molar-refractivity contribution in [3.05, 3.63) is 0 Å². The third kappa shape index (κ3) is 2.50. The van der Waals surface area contributed by atoms with E-state index in [1.54, 1.807) is 11.9 Å². The number of hydrogen-bond acceptors (Lipinski definition) is 2.